The largest absolute Gasteiger partial charge is 0.355 e. The molecule has 0 saturated carbocycles. The molecule has 0 saturated heterocycles. The summed E-state index contributed by atoms with van der Waals surface area (Å²) in [4.78, 5) is 29.6. The van der Waals surface area contributed by atoms with Crippen LogP contribution in [-0.2, 0) is 11.8 Å². The molecule has 1 aromatic carbocycles. The molecule has 1 aliphatic rings. The van der Waals surface area contributed by atoms with Crippen molar-refractivity contribution in [3.63, 3.8) is 0 Å². The van der Waals surface area contributed by atoms with Crippen molar-refractivity contribution in [1.29, 1.82) is 0 Å². The van der Waals surface area contributed by atoms with E-state index in [4.69, 9.17) is 0 Å². The van der Waals surface area contributed by atoms with Gasteiger partial charge in [0.15, 0.2) is 5.16 Å². The van der Waals surface area contributed by atoms with E-state index in [1.165, 1.54) is 34.7 Å². The lowest BCUT2D eigenvalue weighted by Gasteiger charge is -2.16. The van der Waals surface area contributed by atoms with Crippen LogP contribution in [0.1, 0.15) is 44.6 Å². The van der Waals surface area contributed by atoms with Gasteiger partial charge >= 0.3 is 0 Å². The minimum Gasteiger partial charge on any atom is -0.355 e. The van der Waals surface area contributed by atoms with E-state index in [2.05, 4.69) is 16.4 Å². The second-order valence-corrected chi connectivity index (χ2v) is 8.50. The second-order valence-electron chi connectivity index (χ2n) is 7.19. The predicted molar refractivity (Wildman–Crippen MR) is 111 cm³/mol. The SMILES string of the molecule is Cc1ccc2nc(SC(C)C(=O)NCCC3=CCCCC3)n(C)c(=O)c2c1. The number of rotatable bonds is 6. The third kappa shape index (κ3) is 4.80. The number of allylic oxidation sites excluding steroid dienone is 1. The van der Waals surface area contributed by atoms with Crippen molar-refractivity contribution in [1.82, 2.24) is 14.9 Å². The van der Waals surface area contributed by atoms with Crippen LogP contribution < -0.4 is 10.9 Å². The maximum Gasteiger partial charge on any atom is 0.261 e. The first-order valence-electron chi connectivity index (χ1n) is 9.55. The summed E-state index contributed by atoms with van der Waals surface area (Å²) >= 11 is 1.32. The fourth-order valence-electron chi connectivity index (χ4n) is 3.30. The molecule has 0 aliphatic heterocycles. The summed E-state index contributed by atoms with van der Waals surface area (Å²) in [6, 6.07) is 5.66. The molecule has 3 rings (SSSR count). The van der Waals surface area contributed by atoms with Crippen LogP contribution in [-0.4, -0.2) is 27.3 Å². The average molecular weight is 386 g/mol. The van der Waals surface area contributed by atoms with E-state index in [1.807, 2.05) is 32.0 Å². The number of carbonyl (C=O) groups excluding carboxylic acids is 1. The molecule has 5 nitrogen and oxygen atoms in total. The van der Waals surface area contributed by atoms with Crippen molar-refractivity contribution in [3.05, 3.63) is 45.8 Å². The lowest BCUT2D eigenvalue weighted by molar-refractivity contribution is -0.120. The molecule has 0 bridgehead atoms. The summed E-state index contributed by atoms with van der Waals surface area (Å²) in [7, 11) is 1.71. The monoisotopic (exact) mass is 385 g/mol. The number of carbonyl (C=O) groups is 1. The van der Waals surface area contributed by atoms with E-state index >= 15 is 0 Å². The number of aryl methyl sites for hydroxylation is 1. The van der Waals surface area contributed by atoms with Gasteiger partial charge in [-0.15, -0.1) is 0 Å². The van der Waals surface area contributed by atoms with E-state index in [0.29, 0.717) is 22.6 Å². The first-order valence-corrected chi connectivity index (χ1v) is 10.4. The van der Waals surface area contributed by atoms with Crippen molar-refractivity contribution < 1.29 is 4.79 Å². The molecule has 1 atom stereocenters. The van der Waals surface area contributed by atoms with Gasteiger partial charge < -0.3 is 5.32 Å². The number of nitrogens with zero attached hydrogens (tertiary/aromatic N) is 2. The lowest BCUT2D eigenvalue weighted by atomic mass is 9.97. The standard InChI is InChI=1S/C21H27N3O2S/c1-14-9-10-18-17(13-14)20(26)24(3)21(23-18)27-15(2)19(25)22-12-11-16-7-5-4-6-8-16/h7,9-10,13,15H,4-6,8,11-12H2,1-3H3,(H,22,25). The van der Waals surface area contributed by atoms with E-state index < -0.39 is 0 Å². The Morgan fingerprint density at radius 1 is 1.37 bits per heavy atom. The van der Waals surface area contributed by atoms with Crippen molar-refractivity contribution in [3.8, 4) is 0 Å². The maximum absolute atomic E-state index is 12.6. The first kappa shape index (κ1) is 19.7. The third-order valence-electron chi connectivity index (χ3n) is 4.97. The quantitative estimate of drug-likeness (QED) is 0.467. The van der Waals surface area contributed by atoms with Gasteiger partial charge in [0.05, 0.1) is 16.2 Å². The van der Waals surface area contributed by atoms with Crippen LogP contribution in [0.25, 0.3) is 10.9 Å². The van der Waals surface area contributed by atoms with Gasteiger partial charge in [-0.05, 0) is 58.1 Å². The number of aromatic nitrogens is 2. The van der Waals surface area contributed by atoms with Gasteiger partial charge in [0.2, 0.25) is 5.91 Å². The van der Waals surface area contributed by atoms with E-state index in [0.717, 1.165) is 24.8 Å². The second kappa shape index (κ2) is 8.74. The number of fused-ring (bicyclic) bond motifs is 1. The van der Waals surface area contributed by atoms with E-state index in [-0.39, 0.29) is 16.7 Å². The van der Waals surface area contributed by atoms with Gasteiger partial charge in [-0.2, -0.15) is 0 Å². The zero-order chi connectivity index (χ0) is 19.4. The predicted octanol–water partition coefficient (Wildman–Crippen LogP) is 3.73. The maximum atomic E-state index is 12.6. The smallest absolute Gasteiger partial charge is 0.261 e. The molecular formula is C21H27N3O2S. The van der Waals surface area contributed by atoms with Gasteiger partial charge in [0.1, 0.15) is 0 Å². The number of hydrogen-bond donors (Lipinski definition) is 1. The molecule has 1 heterocycles. The molecule has 27 heavy (non-hydrogen) atoms. The molecule has 1 aliphatic carbocycles. The molecule has 1 unspecified atom stereocenters. The number of amides is 1. The van der Waals surface area contributed by atoms with Crippen molar-refractivity contribution in [2.45, 2.75) is 56.4 Å². The van der Waals surface area contributed by atoms with Crippen LogP contribution in [0, 0.1) is 6.92 Å². The third-order valence-corrected chi connectivity index (χ3v) is 6.12. The summed E-state index contributed by atoms with van der Waals surface area (Å²) in [5.41, 5.74) is 3.07. The summed E-state index contributed by atoms with van der Waals surface area (Å²) in [6.45, 7) is 4.47. The molecule has 1 amide bonds. The molecule has 1 aromatic heterocycles. The molecule has 0 fully saturated rings. The highest BCUT2D eigenvalue weighted by Crippen LogP contribution is 2.23. The Morgan fingerprint density at radius 3 is 2.93 bits per heavy atom. The molecule has 2 aromatic rings. The van der Waals surface area contributed by atoms with Crippen molar-refractivity contribution in [2.24, 2.45) is 7.05 Å². The van der Waals surface area contributed by atoms with E-state index in [1.54, 1.807) is 7.05 Å². The fourth-order valence-corrected chi connectivity index (χ4v) is 4.20. The number of thioether (sulfide) groups is 1. The first-order chi connectivity index (χ1) is 13.0. The average Bonchev–Trinajstić information content (AvgIpc) is 2.67. The van der Waals surface area contributed by atoms with Gasteiger partial charge in [0, 0.05) is 13.6 Å². The zero-order valence-electron chi connectivity index (χ0n) is 16.2. The molecule has 1 N–H and O–H groups in total. The Morgan fingerprint density at radius 2 is 2.19 bits per heavy atom. The van der Waals surface area contributed by atoms with E-state index in [9.17, 15) is 9.59 Å². The Labute approximate surface area is 164 Å². The van der Waals surface area contributed by atoms with Crippen molar-refractivity contribution in [2.75, 3.05) is 6.54 Å². The highest BCUT2D eigenvalue weighted by Gasteiger charge is 2.18. The normalized spacial score (nSPS) is 15.4. The number of nitrogens with one attached hydrogen (secondary N) is 1. The molecule has 0 spiro atoms. The van der Waals surface area contributed by atoms with Gasteiger partial charge in [-0.25, -0.2) is 4.98 Å². The van der Waals surface area contributed by atoms with Gasteiger partial charge in [-0.1, -0.05) is 35.0 Å². The van der Waals surface area contributed by atoms with Gasteiger partial charge in [-0.3, -0.25) is 14.2 Å². The Hall–Kier alpha value is -2.08. The summed E-state index contributed by atoms with van der Waals surface area (Å²) in [5.74, 6) is -0.0188. The lowest BCUT2D eigenvalue weighted by Crippen LogP contribution is -2.32. The van der Waals surface area contributed by atoms with Crippen LogP contribution >= 0.6 is 11.8 Å². The zero-order valence-corrected chi connectivity index (χ0v) is 17.1. The topological polar surface area (TPSA) is 64.0 Å². The van der Waals surface area contributed by atoms with Crippen LogP contribution in [0.5, 0.6) is 0 Å². The molecule has 144 valence electrons. The summed E-state index contributed by atoms with van der Waals surface area (Å²) in [6.07, 6.45) is 8.09. The fraction of sp³-hybridized carbons (Fsp3) is 0.476. The number of benzene rings is 1. The van der Waals surface area contributed by atoms with Crippen molar-refractivity contribution >= 4 is 28.6 Å². The van der Waals surface area contributed by atoms with Crippen LogP contribution in [0.2, 0.25) is 0 Å². The Bertz CT molecular complexity index is 933. The van der Waals surface area contributed by atoms with Gasteiger partial charge in [0.25, 0.3) is 5.56 Å². The Balaban J connectivity index is 1.64. The van der Waals surface area contributed by atoms with Crippen LogP contribution in [0.3, 0.4) is 0 Å². The number of hydrogen-bond acceptors (Lipinski definition) is 4. The minimum atomic E-state index is -0.314. The van der Waals surface area contributed by atoms with Crippen LogP contribution in [0.4, 0.5) is 0 Å². The Kier molecular flexibility index (Phi) is 6.37. The molecule has 6 heteroatoms. The highest BCUT2D eigenvalue weighted by molar-refractivity contribution is 8.00. The summed E-state index contributed by atoms with van der Waals surface area (Å²) < 4.78 is 1.53. The minimum absolute atomic E-state index is 0.0188. The summed E-state index contributed by atoms with van der Waals surface area (Å²) in [5, 5.41) is 3.87. The molecule has 0 radical (unpaired) electrons. The van der Waals surface area contributed by atoms with Crippen LogP contribution in [0.15, 0.2) is 39.8 Å². The highest BCUT2D eigenvalue weighted by atomic mass is 32.2. The molecular weight excluding hydrogens is 358 g/mol.